The summed E-state index contributed by atoms with van der Waals surface area (Å²) in [7, 11) is 0. The number of nitrogens with zero attached hydrogens (tertiary/aromatic N) is 1. The first-order valence-corrected chi connectivity index (χ1v) is 3.89. The Bertz CT molecular complexity index is 559. The third-order valence-corrected chi connectivity index (χ3v) is 1.86. The summed E-state index contributed by atoms with van der Waals surface area (Å²) in [5.41, 5.74) is 0.307. The molecular weight excluding hydrogens is 184 g/mol. The van der Waals surface area contributed by atoms with E-state index in [0.29, 0.717) is 10.9 Å². The summed E-state index contributed by atoms with van der Waals surface area (Å²) < 4.78 is 0. The second kappa shape index (κ2) is 2.95. The Labute approximate surface area is 78.0 Å². The van der Waals surface area contributed by atoms with Crippen molar-refractivity contribution in [2.45, 2.75) is 0 Å². The number of carboxylic acid groups (broad SMARTS) is 1. The van der Waals surface area contributed by atoms with Crippen LogP contribution < -0.4 is 5.69 Å². The van der Waals surface area contributed by atoms with Crippen molar-refractivity contribution in [3.8, 4) is 0 Å². The summed E-state index contributed by atoms with van der Waals surface area (Å²) in [6.07, 6.45) is 1.35. The number of carbonyl (C=O) groups is 1. The van der Waals surface area contributed by atoms with Crippen LogP contribution in [0.2, 0.25) is 0 Å². The lowest BCUT2D eigenvalue weighted by Crippen LogP contribution is -2.08. The standard InChI is InChI=1S/C9H6N2O3/c12-8(13)5-1-2-7-6(3-5)4-10-9(14)11-7/h1-4H,(H,12,13)(H,10,11,14). The Hall–Kier alpha value is -2.17. The van der Waals surface area contributed by atoms with Crippen molar-refractivity contribution < 1.29 is 9.90 Å². The SMILES string of the molecule is O=C(O)c1ccc2[nH]c(=O)ncc2c1. The zero-order chi connectivity index (χ0) is 10.1. The van der Waals surface area contributed by atoms with Crippen molar-refractivity contribution in [2.75, 3.05) is 0 Å². The van der Waals surface area contributed by atoms with E-state index in [0.717, 1.165) is 0 Å². The van der Waals surface area contributed by atoms with Gasteiger partial charge in [-0.3, -0.25) is 0 Å². The number of fused-ring (bicyclic) bond motifs is 1. The highest BCUT2D eigenvalue weighted by atomic mass is 16.4. The lowest BCUT2D eigenvalue weighted by atomic mass is 10.1. The molecule has 0 saturated heterocycles. The van der Waals surface area contributed by atoms with Gasteiger partial charge in [0.1, 0.15) is 0 Å². The largest absolute Gasteiger partial charge is 0.478 e. The van der Waals surface area contributed by atoms with Gasteiger partial charge >= 0.3 is 11.7 Å². The quantitative estimate of drug-likeness (QED) is 0.690. The molecule has 70 valence electrons. The smallest absolute Gasteiger partial charge is 0.345 e. The summed E-state index contributed by atoms with van der Waals surface area (Å²) >= 11 is 0. The van der Waals surface area contributed by atoms with Crippen molar-refractivity contribution in [3.63, 3.8) is 0 Å². The van der Waals surface area contributed by atoms with Crippen LogP contribution in [0.1, 0.15) is 10.4 Å². The Morgan fingerprint density at radius 2 is 2.21 bits per heavy atom. The van der Waals surface area contributed by atoms with Crippen LogP contribution in [0.15, 0.2) is 29.2 Å². The minimum atomic E-state index is -1.00. The van der Waals surface area contributed by atoms with Crippen LogP contribution in [0.4, 0.5) is 0 Å². The third kappa shape index (κ3) is 1.35. The molecule has 0 atom stereocenters. The van der Waals surface area contributed by atoms with Gasteiger partial charge < -0.3 is 10.1 Å². The number of rotatable bonds is 1. The molecule has 1 heterocycles. The van der Waals surface area contributed by atoms with E-state index in [1.807, 2.05) is 0 Å². The average Bonchev–Trinajstić information content (AvgIpc) is 2.16. The fourth-order valence-corrected chi connectivity index (χ4v) is 1.19. The maximum atomic E-state index is 10.8. The highest BCUT2D eigenvalue weighted by molar-refractivity contribution is 5.92. The molecule has 0 unspecified atom stereocenters. The zero-order valence-electron chi connectivity index (χ0n) is 7.02. The minimum Gasteiger partial charge on any atom is -0.478 e. The van der Waals surface area contributed by atoms with E-state index < -0.39 is 11.7 Å². The van der Waals surface area contributed by atoms with Gasteiger partial charge in [0.05, 0.1) is 11.1 Å². The molecule has 1 aromatic heterocycles. The van der Waals surface area contributed by atoms with Gasteiger partial charge in [-0.25, -0.2) is 14.6 Å². The molecule has 5 nitrogen and oxygen atoms in total. The highest BCUT2D eigenvalue weighted by Gasteiger charge is 2.03. The van der Waals surface area contributed by atoms with Crippen LogP contribution in [0.5, 0.6) is 0 Å². The summed E-state index contributed by atoms with van der Waals surface area (Å²) in [5, 5.41) is 9.31. The van der Waals surface area contributed by atoms with E-state index in [-0.39, 0.29) is 5.56 Å². The molecule has 0 radical (unpaired) electrons. The van der Waals surface area contributed by atoms with Crippen LogP contribution >= 0.6 is 0 Å². The van der Waals surface area contributed by atoms with Crippen LogP contribution in [-0.4, -0.2) is 21.0 Å². The third-order valence-electron chi connectivity index (χ3n) is 1.86. The minimum absolute atomic E-state index is 0.173. The topological polar surface area (TPSA) is 83.0 Å². The van der Waals surface area contributed by atoms with E-state index in [1.54, 1.807) is 6.07 Å². The van der Waals surface area contributed by atoms with Crippen LogP contribution in [-0.2, 0) is 0 Å². The van der Waals surface area contributed by atoms with Crippen LogP contribution in [0.3, 0.4) is 0 Å². The summed E-state index contributed by atoms with van der Waals surface area (Å²) in [6.45, 7) is 0. The number of hydrogen-bond donors (Lipinski definition) is 2. The molecule has 2 aromatic rings. The number of carboxylic acids is 1. The van der Waals surface area contributed by atoms with Gasteiger partial charge in [-0.05, 0) is 18.2 Å². The van der Waals surface area contributed by atoms with E-state index in [1.165, 1.54) is 18.3 Å². The molecule has 0 saturated carbocycles. The second-order valence-electron chi connectivity index (χ2n) is 2.80. The van der Waals surface area contributed by atoms with Gasteiger partial charge in [0, 0.05) is 11.6 Å². The van der Waals surface area contributed by atoms with Crippen molar-refractivity contribution in [1.29, 1.82) is 0 Å². The molecule has 2 rings (SSSR count). The van der Waals surface area contributed by atoms with Gasteiger partial charge in [-0.1, -0.05) is 0 Å². The molecule has 5 heteroatoms. The fourth-order valence-electron chi connectivity index (χ4n) is 1.19. The number of aromatic amines is 1. The summed E-state index contributed by atoms with van der Waals surface area (Å²) in [4.78, 5) is 27.4. The van der Waals surface area contributed by atoms with Gasteiger partial charge in [0.2, 0.25) is 0 Å². The first kappa shape index (κ1) is 8.43. The van der Waals surface area contributed by atoms with E-state index in [4.69, 9.17) is 5.11 Å². The van der Waals surface area contributed by atoms with Crippen LogP contribution in [0.25, 0.3) is 10.9 Å². The summed E-state index contributed by atoms with van der Waals surface area (Å²) in [6, 6.07) is 4.43. The Kier molecular flexibility index (Phi) is 1.78. The lowest BCUT2D eigenvalue weighted by molar-refractivity contribution is 0.0697. The Morgan fingerprint density at radius 1 is 1.43 bits per heavy atom. The fraction of sp³-hybridized carbons (Fsp3) is 0. The number of aromatic nitrogens is 2. The lowest BCUT2D eigenvalue weighted by Gasteiger charge is -1.97. The van der Waals surface area contributed by atoms with E-state index >= 15 is 0 Å². The monoisotopic (exact) mass is 190 g/mol. The highest BCUT2D eigenvalue weighted by Crippen LogP contribution is 2.10. The molecule has 14 heavy (non-hydrogen) atoms. The molecule has 2 N–H and O–H groups in total. The predicted octanol–water partition coefficient (Wildman–Crippen LogP) is 0.621. The zero-order valence-corrected chi connectivity index (χ0v) is 7.02. The normalized spacial score (nSPS) is 10.3. The van der Waals surface area contributed by atoms with Crippen molar-refractivity contribution in [2.24, 2.45) is 0 Å². The molecular formula is C9H6N2O3. The van der Waals surface area contributed by atoms with Gasteiger partial charge in [-0.2, -0.15) is 0 Å². The molecule has 0 aliphatic heterocycles. The van der Waals surface area contributed by atoms with E-state index in [2.05, 4.69) is 9.97 Å². The first-order valence-electron chi connectivity index (χ1n) is 3.89. The number of nitrogens with one attached hydrogen (secondary N) is 1. The average molecular weight is 190 g/mol. The maximum Gasteiger partial charge on any atom is 0.345 e. The number of benzene rings is 1. The molecule has 0 fully saturated rings. The Balaban J connectivity index is 2.73. The number of hydrogen-bond acceptors (Lipinski definition) is 3. The van der Waals surface area contributed by atoms with Crippen molar-refractivity contribution in [3.05, 3.63) is 40.4 Å². The molecule has 0 amide bonds. The van der Waals surface area contributed by atoms with Crippen molar-refractivity contribution in [1.82, 2.24) is 9.97 Å². The maximum absolute atomic E-state index is 10.8. The molecule has 0 aliphatic rings. The molecule has 0 aliphatic carbocycles. The van der Waals surface area contributed by atoms with Gasteiger partial charge in [-0.15, -0.1) is 0 Å². The van der Waals surface area contributed by atoms with Crippen molar-refractivity contribution >= 4 is 16.9 Å². The van der Waals surface area contributed by atoms with Crippen LogP contribution in [0, 0.1) is 0 Å². The van der Waals surface area contributed by atoms with Gasteiger partial charge in [0.25, 0.3) is 0 Å². The predicted molar refractivity (Wildman–Crippen MR) is 49.3 cm³/mol. The first-order chi connectivity index (χ1) is 6.66. The molecule has 0 bridgehead atoms. The molecule has 0 spiro atoms. The molecule has 1 aromatic carbocycles. The number of aromatic carboxylic acids is 1. The summed E-state index contributed by atoms with van der Waals surface area (Å²) in [5.74, 6) is -1.00. The second-order valence-corrected chi connectivity index (χ2v) is 2.80. The Morgan fingerprint density at radius 3 is 2.93 bits per heavy atom. The number of H-pyrrole nitrogens is 1. The van der Waals surface area contributed by atoms with E-state index in [9.17, 15) is 9.59 Å². The van der Waals surface area contributed by atoms with Gasteiger partial charge in [0.15, 0.2) is 0 Å².